The van der Waals surface area contributed by atoms with Crippen molar-refractivity contribution in [3.05, 3.63) is 90.0 Å². The van der Waals surface area contributed by atoms with Gasteiger partial charge in [-0.15, -0.1) is 18.3 Å². The molecule has 1 fully saturated rings. The van der Waals surface area contributed by atoms with Crippen molar-refractivity contribution >= 4 is 34.6 Å². The van der Waals surface area contributed by atoms with Crippen LogP contribution >= 0.6 is 11.8 Å². The number of ether oxygens (including phenoxy) is 1. The van der Waals surface area contributed by atoms with Crippen LogP contribution in [0, 0.1) is 17.1 Å². The van der Waals surface area contributed by atoms with Gasteiger partial charge in [0.25, 0.3) is 0 Å². The maximum Gasteiger partial charge on any atom is 0.573 e. The number of benzene rings is 3. The summed E-state index contributed by atoms with van der Waals surface area (Å²) in [7, 11) is 0. The number of halogens is 4. The Morgan fingerprint density at radius 1 is 1.13 bits per heavy atom. The number of rotatable bonds is 8. The summed E-state index contributed by atoms with van der Waals surface area (Å²) in [4.78, 5) is 35.1. The van der Waals surface area contributed by atoms with Gasteiger partial charge in [-0.2, -0.15) is 10.3 Å². The number of anilines is 1. The van der Waals surface area contributed by atoms with Crippen LogP contribution in [0.2, 0.25) is 0 Å². The summed E-state index contributed by atoms with van der Waals surface area (Å²) in [5.41, 5.74) is 2.76. The lowest BCUT2D eigenvalue weighted by atomic mass is 9.99. The Kier molecular flexibility index (Phi) is 9.38. The van der Waals surface area contributed by atoms with Gasteiger partial charge in [0.1, 0.15) is 17.9 Å². The van der Waals surface area contributed by atoms with E-state index in [1.165, 1.54) is 58.4 Å². The van der Waals surface area contributed by atoms with Crippen molar-refractivity contribution in [2.75, 3.05) is 17.2 Å². The molecule has 236 valence electrons. The molecule has 3 amide bonds. The standard InChI is InChI=1S/C31H25F4N7O3S/c1-18(2)25-13-22(32)7-12-26(25)42-27(43)16-46-30(42)39-29(44)37-15-21(14-36)19-3-5-20(6-4-19)28-38-17-41(40-28)23-8-10-24(11-9-23)45-31(33,34)35/h3-13,17-18,21H,15-16H2,1-2H3,(H,37,44). The van der Waals surface area contributed by atoms with Crippen molar-refractivity contribution in [2.24, 2.45) is 4.99 Å². The molecule has 1 atom stereocenters. The highest BCUT2D eigenvalue weighted by Crippen LogP contribution is 2.34. The largest absolute Gasteiger partial charge is 0.573 e. The molecule has 10 nitrogen and oxygen atoms in total. The van der Waals surface area contributed by atoms with Gasteiger partial charge in [0, 0.05) is 12.1 Å². The first-order chi connectivity index (χ1) is 21.9. The summed E-state index contributed by atoms with van der Waals surface area (Å²) < 4.78 is 56.4. The minimum atomic E-state index is -4.79. The van der Waals surface area contributed by atoms with Crippen LogP contribution in [0.4, 0.5) is 28.0 Å². The minimum absolute atomic E-state index is 0.0568. The van der Waals surface area contributed by atoms with Crippen LogP contribution in [0.1, 0.15) is 36.8 Å². The normalized spacial score (nSPS) is 14.9. The number of thioether (sulfide) groups is 1. The average Bonchev–Trinajstić information content (AvgIpc) is 3.64. The number of amidine groups is 1. The molecule has 3 aromatic carbocycles. The Labute approximate surface area is 264 Å². The Balaban J connectivity index is 1.23. The highest BCUT2D eigenvalue weighted by molar-refractivity contribution is 8.15. The molecular formula is C31H25F4N7O3S. The molecule has 1 unspecified atom stereocenters. The quantitative estimate of drug-likeness (QED) is 0.214. The number of hydrogen-bond acceptors (Lipinski definition) is 7. The lowest BCUT2D eigenvalue weighted by Gasteiger charge is -2.21. The minimum Gasteiger partial charge on any atom is -0.406 e. The highest BCUT2D eigenvalue weighted by Gasteiger charge is 2.33. The summed E-state index contributed by atoms with van der Waals surface area (Å²) in [5.74, 6) is -1.47. The van der Waals surface area contributed by atoms with E-state index in [9.17, 15) is 32.4 Å². The second kappa shape index (κ2) is 13.4. The van der Waals surface area contributed by atoms with Crippen molar-refractivity contribution in [2.45, 2.75) is 32.0 Å². The number of carbonyl (C=O) groups is 2. The Hall–Kier alpha value is -5.23. The van der Waals surface area contributed by atoms with Gasteiger partial charge in [-0.25, -0.2) is 18.9 Å². The number of hydrogen-bond donors (Lipinski definition) is 1. The van der Waals surface area contributed by atoms with Gasteiger partial charge < -0.3 is 10.1 Å². The van der Waals surface area contributed by atoms with E-state index in [0.29, 0.717) is 33.9 Å². The van der Waals surface area contributed by atoms with Crippen molar-refractivity contribution in [1.82, 2.24) is 20.1 Å². The van der Waals surface area contributed by atoms with E-state index < -0.39 is 24.1 Å². The van der Waals surface area contributed by atoms with Crippen LogP contribution in [0.25, 0.3) is 17.1 Å². The fourth-order valence-corrected chi connectivity index (χ4v) is 5.47. The number of nitrogens with one attached hydrogen (secondary N) is 1. The molecule has 0 radical (unpaired) electrons. The third-order valence-corrected chi connectivity index (χ3v) is 7.75. The lowest BCUT2D eigenvalue weighted by molar-refractivity contribution is -0.274. The zero-order valence-corrected chi connectivity index (χ0v) is 25.1. The van der Waals surface area contributed by atoms with Crippen molar-refractivity contribution in [3.8, 4) is 28.9 Å². The van der Waals surface area contributed by atoms with Gasteiger partial charge in [0.2, 0.25) is 5.91 Å². The molecule has 2 heterocycles. The third-order valence-electron chi connectivity index (χ3n) is 6.83. The second-order valence-corrected chi connectivity index (χ2v) is 11.3. The smallest absolute Gasteiger partial charge is 0.406 e. The molecule has 1 aromatic heterocycles. The maximum atomic E-state index is 13.9. The zero-order chi connectivity index (χ0) is 33.0. The first kappa shape index (κ1) is 32.2. The first-order valence-electron chi connectivity index (χ1n) is 13.8. The van der Waals surface area contributed by atoms with E-state index in [2.05, 4.69) is 31.2 Å². The number of nitriles is 1. The number of alkyl halides is 3. The number of aliphatic imine (C=N–C) groups is 1. The van der Waals surface area contributed by atoms with Gasteiger partial charge >= 0.3 is 12.4 Å². The summed E-state index contributed by atoms with van der Waals surface area (Å²) in [6.07, 6.45) is -3.38. The van der Waals surface area contributed by atoms with Gasteiger partial charge in [0.15, 0.2) is 11.0 Å². The number of carbonyl (C=O) groups excluding carboxylic acids is 2. The Morgan fingerprint density at radius 3 is 2.50 bits per heavy atom. The van der Waals surface area contributed by atoms with Crippen LogP contribution in [-0.2, 0) is 4.79 Å². The van der Waals surface area contributed by atoms with E-state index in [1.807, 2.05) is 13.8 Å². The van der Waals surface area contributed by atoms with E-state index in [-0.39, 0.29) is 35.0 Å². The number of urea groups is 1. The highest BCUT2D eigenvalue weighted by atomic mass is 32.2. The molecule has 1 saturated heterocycles. The van der Waals surface area contributed by atoms with Crippen molar-refractivity contribution in [3.63, 3.8) is 0 Å². The monoisotopic (exact) mass is 651 g/mol. The summed E-state index contributed by atoms with van der Waals surface area (Å²) in [5, 5.41) is 16.9. The molecule has 46 heavy (non-hydrogen) atoms. The topological polar surface area (TPSA) is 126 Å². The predicted molar refractivity (Wildman–Crippen MR) is 163 cm³/mol. The van der Waals surface area contributed by atoms with Gasteiger partial charge in [-0.3, -0.25) is 9.69 Å². The second-order valence-electron chi connectivity index (χ2n) is 10.3. The molecule has 15 heteroatoms. The molecule has 0 bridgehead atoms. The Morgan fingerprint density at radius 2 is 1.85 bits per heavy atom. The maximum absolute atomic E-state index is 13.9. The van der Waals surface area contributed by atoms with Crippen LogP contribution in [-0.4, -0.2) is 50.5 Å². The molecule has 1 aliphatic rings. The number of nitrogens with zero attached hydrogens (tertiary/aromatic N) is 6. The zero-order valence-electron chi connectivity index (χ0n) is 24.3. The number of aromatic nitrogens is 3. The fourth-order valence-electron chi connectivity index (χ4n) is 4.61. The van der Waals surface area contributed by atoms with E-state index in [4.69, 9.17) is 0 Å². The van der Waals surface area contributed by atoms with Crippen LogP contribution in [0.15, 0.2) is 78.0 Å². The third kappa shape index (κ3) is 7.52. The van der Waals surface area contributed by atoms with Gasteiger partial charge in [-0.1, -0.05) is 49.9 Å². The number of amides is 3. The van der Waals surface area contributed by atoms with Crippen LogP contribution in [0.5, 0.6) is 5.75 Å². The Bertz CT molecular complexity index is 1820. The molecule has 0 spiro atoms. The SMILES string of the molecule is CC(C)c1cc(F)ccc1N1C(=O)CSC1=NC(=O)NCC(C#N)c1ccc(-c2ncn(-c3ccc(OC(F)(F)F)cc3)n2)cc1. The summed E-state index contributed by atoms with van der Waals surface area (Å²) in [6, 6.07) is 17.5. The molecule has 1 N–H and O–H groups in total. The van der Waals surface area contributed by atoms with E-state index in [1.54, 1.807) is 24.3 Å². The van der Waals surface area contributed by atoms with Gasteiger partial charge in [-0.05, 0) is 59.5 Å². The van der Waals surface area contributed by atoms with E-state index >= 15 is 0 Å². The lowest BCUT2D eigenvalue weighted by Crippen LogP contribution is -2.33. The van der Waals surface area contributed by atoms with Crippen molar-refractivity contribution < 1.29 is 31.9 Å². The van der Waals surface area contributed by atoms with E-state index in [0.717, 1.165) is 11.8 Å². The van der Waals surface area contributed by atoms with Gasteiger partial charge in [0.05, 0.1) is 29.1 Å². The summed E-state index contributed by atoms with van der Waals surface area (Å²) >= 11 is 1.09. The molecular weight excluding hydrogens is 626 g/mol. The average molecular weight is 652 g/mol. The van der Waals surface area contributed by atoms with Crippen molar-refractivity contribution in [1.29, 1.82) is 5.26 Å². The fraction of sp³-hybridized carbons (Fsp3) is 0.226. The molecule has 5 rings (SSSR count). The predicted octanol–water partition coefficient (Wildman–Crippen LogP) is 6.55. The van der Waals surface area contributed by atoms with Crippen LogP contribution < -0.4 is 15.0 Å². The molecule has 4 aromatic rings. The molecule has 0 aliphatic carbocycles. The molecule has 1 aliphatic heterocycles. The summed E-state index contributed by atoms with van der Waals surface area (Å²) in [6.45, 7) is 3.69. The molecule has 0 saturated carbocycles. The first-order valence-corrected chi connectivity index (χ1v) is 14.8. The van der Waals surface area contributed by atoms with Crippen LogP contribution in [0.3, 0.4) is 0 Å².